The zero-order valence-electron chi connectivity index (χ0n) is 15.5. The van der Waals surface area contributed by atoms with Gasteiger partial charge in [0.1, 0.15) is 11.5 Å². The summed E-state index contributed by atoms with van der Waals surface area (Å²) in [6.07, 6.45) is 8.70. The summed E-state index contributed by atoms with van der Waals surface area (Å²) in [5, 5.41) is 19.6. The van der Waals surface area contributed by atoms with Gasteiger partial charge in [0.15, 0.2) is 0 Å². The van der Waals surface area contributed by atoms with Crippen LogP contribution in [-0.2, 0) is 0 Å². The number of hydrogen-bond acceptors (Lipinski definition) is 2. The van der Waals surface area contributed by atoms with E-state index in [9.17, 15) is 10.2 Å². The Bertz CT molecular complexity index is 1040. The van der Waals surface area contributed by atoms with Gasteiger partial charge >= 0.3 is 0 Å². The molecule has 0 spiro atoms. The number of phenols is 2. The first-order valence-electron chi connectivity index (χ1n) is 9.48. The molecular weight excluding hydrogens is 344 g/mol. The Kier molecular flexibility index (Phi) is 5.11. The minimum absolute atomic E-state index is 0.249. The van der Waals surface area contributed by atoms with Crippen molar-refractivity contribution in [3.8, 4) is 11.5 Å². The van der Waals surface area contributed by atoms with Gasteiger partial charge in [0, 0.05) is 0 Å². The molecule has 28 heavy (non-hydrogen) atoms. The Morgan fingerprint density at radius 2 is 1.11 bits per heavy atom. The molecule has 0 fully saturated rings. The molecule has 3 aromatic carbocycles. The Morgan fingerprint density at radius 1 is 0.571 bits per heavy atom. The van der Waals surface area contributed by atoms with E-state index in [2.05, 4.69) is 30.4 Å². The van der Waals surface area contributed by atoms with E-state index in [0.29, 0.717) is 0 Å². The lowest BCUT2D eigenvalue weighted by Crippen LogP contribution is -1.99. The number of hydrogen-bond donors (Lipinski definition) is 2. The lowest BCUT2D eigenvalue weighted by molar-refractivity contribution is 0.474. The molecule has 138 valence electrons. The highest BCUT2D eigenvalue weighted by atomic mass is 16.3. The molecule has 0 aromatic heterocycles. The summed E-state index contributed by atoms with van der Waals surface area (Å²) in [7, 11) is 0. The van der Waals surface area contributed by atoms with Gasteiger partial charge in [-0.25, -0.2) is 0 Å². The average Bonchev–Trinajstić information content (AvgIpc) is 2.75. The number of aromatic hydroxyl groups is 2. The van der Waals surface area contributed by atoms with Crippen molar-refractivity contribution >= 4 is 11.1 Å². The summed E-state index contributed by atoms with van der Waals surface area (Å²) in [5.74, 6) is 0.501. The lowest BCUT2D eigenvalue weighted by Gasteiger charge is -2.20. The van der Waals surface area contributed by atoms with Crippen molar-refractivity contribution in [2.45, 2.75) is 12.8 Å². The fourth-order valence-corrected chi connectivity index (χ4v) is 3.57. The summed E-state index contributed by atoms with van der Waals surface area (Å²) in [6, 6.07) is 25.0. The molecule has 4 rings (SSSR count). The monoisotopic (exact) mass is 366 g/mol. The SMILES string of the molecule is Oc1ccc(/C(C2=CCCC=C2)=C(\c2ccccc2)c2ccc(O)cc2)cc1. The van der Waals surface area contributed by atoms with Crippen molar-refractivity contribution in [2.24, 2.45) is 0 Å². The number of phenolic OH excluding ortho intramolecular Hbond substituents is 2. The van der Waals surface area contributed by atoms with Crippen LogP contribution < -0.4 is 0 Å². The van der Waals surface area contributed by atoms with Gasteiger partial charge in [0.05, 0.1) is 0 Å². The highest BCUT2D eigenvalue weighted by molar-refractivity contribution is 6.05. The predicted molar refractivity (Wildman–Crippen MR) is 115 cm³/mol. The van der Waals surface area contributed by atoms with Gasteiger partial charge in [0.2, 0.25) is 0 Å². The van der Waals surface area contributed by atoms with E-state index >= 15 is 0 Å². The molecule has 0 amide bonds. The Hall–Kier alpha value is -3.52. The maximum atomic E-state index is 9.78. The highest BCUT2D eigenvalue weighted by Crippen LogP contribution is 2.39. The van der Waals surface area contributed by atoms with Crippen LogP contribution in [0.3, 0.4) is 0 Å². The summed E-state index contributed by atoms with van der Waals surface area (Å²) in [5.41, 5.74) is 6.58. The summed E-state index contributed by atoms with van der Waals surface area (Å²) < 4.78 is 0. The van der Waals surface area contributed by atoms with Gasteiger partial charge in [0.25, 0.3) is 0 Å². The summed E-state index contributed by atoms with van der Waals surface area (Å²) in [4.78, 5) is 0. The molecule has 0 aliphatic heterocycles. The van der Waals surface area contributed by atoms with Crippen molar-refractivity contribution in [1.29, 1.82) is 0 Å². The molecule has 2 heteroatoms. The molecule has 2 nitrogen and oxygen atoms in total. The molecular formula is C26H22O2. The predicted octanol–water partition coefficient (Wildman–Crippen LogP) is 6.33. The van der Waals surface area contributed by atoms with Crippen molar-refractivity contribution in [2.75, 3.05) is 0 Å². The Balaban J connectivity index is 2.04. The molecule has 0 bridgehead atoms. The lowest BCUT2D eigenvalue weighted by atomic mass is 9.84. The first-order valence-corrected chi connectivity index (χ1v) is 9.48. The molecule has 0 heterocycles. The second kappa shape index (κ2) is 8.01. The first kappa shape index (κ1) is 17.9. The van der Waals surface area contributed by atoms with E-state index in [-0.39, 0.29) is 11.5 Å². The third-order valence-corrected chi connectivity index (χ3v) is 4.91. The molecule has 1 aliphatic carbocycles. The van der Waals surface area contributed by atoms with Crippen LogP contribution in [0.1, 0.15) is 29.5 Å². The number of allylic oxidation sites excluding steroid dienone is 5. The van der Waals surface area contributed by atoms with E-state index in [0.717, 1.165) is 40.7 Å². The number of rotatable bonds is 4. The smallest absolute Gasteiger partial charge is 0.115 e. The second-order valence-electron chi connectivity index (χ2n) is 6.85. The molecule has 2 N–H and O–H groups in total. The molecule has 0 saturated heterocycles. The maximum Gasteiger partial charge on any atom is 0.115 e. The fourth-order valence-electron chi connectivity index (χ4n) is 3.57. The van der Waals surface area contributed by atoms with Crippen molar-refractivity contribution in [3.63, 3.8) is 0 Å². The second-order valence-corrected chi connectivity index (χ2v) is 6.85. The molecule has 1 aliphatic rings. The third-order valence-electron chi connectivity index (χ3n) is 4.91. The van der Waals surface area contributed by atoms with Gasteiger partial charge in [-0.3, -0.25) is 0 Å². The van der Waals surface area contributed by atoms with Crippen molar-refractivity contribution in [3.05, 3.63) is 119 Å². The van der Waals surface area contributed by atoms with E-state index in [4.69, 9.17) is 0 Å². The van der Waals surface area contributed by atoms with Crippen molar-refractivity contribution < 1.29 is 10.2 Å². The topological polar surface area (TPSA) is 40.5 Å². The van der Waals surface area contributed by atoms with E-state index in [1.165, 1.54) is 5.57 Å². The van der Waals surface area contributed by atoms with Gasteiger partial charge in [-0.05, 0) is 70.5 Å². The highest BCUT2D eigenvalue weighted by Gasteiger charge is 2.17. The van der Waals surface area contributed by atoms with Gasteiger partial charge in [-0.1, -0.05) is 72.8 Å². The summed E-state index contributed by atoms with van der Waals surface area (Å²) >= 11 is 0. The zero-order valence-corrected chi connectivity index (χ0v) is 15.5. The molecule has 0 unspecified atom stereocenters. The Labute approximate surface area is 165 Å². The minimum Gasteiger partial charge on any atom is -0.508 e. The average molecular weight is 366 g/mol. The van der Waals surface area contributed by atoms with E-state index < -0.39 is 0 Å². The zero-order chi connectivity index (χ0) is 19.3. The van der Waals surface area contributed by atoms with Gasteiger partial charge in [-0.2, -0.15) is 0 Å². The van der Waals surface area contributed by atoms with E-state index in [1.807, 2.05) is 42.5 Å². The molecule has 0 radical (unpaired) electrons. The van der Waals surface area contributed by atoms with Crippen LogP contribution in [0.4, 0.5) is 0 Å². The van der Waals surface area contributed by atoms with Crippen LogP contribution in [0.5, 0.6) is 11.5 Å². The maximum absolute atomic E-state index is 9.78. The standard InChI is InChI=1S/C26H22O2/c27-23-15-11-21(12-16-23)25(19-7-3-1-4-8-19)26(20-9-5-2-6-10-20)22-13-17-24(28)18-14-22/h1,3-5,7-18,27-28H,2,6H2/b26-25+. The van der Waals surface area contributed by atoms with E-state index in [1.54, 1.807) is 24.3 Å². The summed E-state index contributed by atoms with van der Waals surface area (Å²) in [6.45, 7) is 0. The number of benzene rings is 3. The van der Waals surface area contributed by atoms with Crippen LogP contribution in [0.2, 0.25) is 0 Å². The quantitative estimate of drug-likeness (QED) is 0.529. The first-order chi connectivity index (χ1) is 13.7. The fraction of sp³-hybridized carbons (Fsp3) is 0.0769. The van der Waals surface area contributed by atoms with Crippen LogP contribution in [-0.4, -0.2) is 10.2 Å². The largest absolute Gasteiger partial charge is 0.508 e. The third kappa shape index (κ3) is 3.77. The molecule has 0 saturated carbocycles. The van der Waals surface area contributed by atoms with Crippen LogP contribution in [0.15, 0.2) is 103 Å². The van der Waals surface area contributed by atoms with Gasteiger partial charge in [-0.15, -0.1) is 0 Å². The van der Waals surface area contributed by atoms with Crippen LogP contribution in [0.25, 0.3) is 11.1 Å². The van der Waals surface area contributed by atoms with Crippen LogP contribution in [0, 0.1) is 0 Å². The van der Waals surface area contributed by atoms with Gasteiger partial charge < -0.3 is 10.2 Å². The molecule has 3 aromatic rings. The Morgan fingerprint density at radius 3 is 1.64 bits per heavy atom. The normalized spacial score (nSPS) is 14.4. The van der Waals surface area contributed by atoms with Crippen molar-refractivity contribution in [1.82, 2.24) is 0 Å². The molecule has 0 atom stereocenters. The minimum atomic E-state index is 0.249. The van der Waals surface area contributed by atoms with Crippen LogP contribution >= 0.6 is 0 Å².